The number of aliphatic hydroxyl groups excluding tert-OH is 3. The summed E-state index contributed by atoms with van der Waals surface area (Å²) < 4.78 is 5.50. The molecule has 0 radical (unpaired) electrons. The van der Waals surface area contributed by atoms with E-state index < -0.39 is 262 Å². The quantitative estimate of drug-likeness (QED) is 0.0120. The second-order valence-electron chi connectivity index (χ2n) is 28.7. The van der Waals surface area contributed by atoms with Crippen LogP contribution in [0.25, 0.3) is 10.9 Å². The molecule has 14 amide bonds. The number of carbonyl (C=O) groups is 17. The number of amides is 14. The van der Waals surface area contributed by atoms with Crippen LogP contribution >= 0.6 is 0 Å². The number of esters is 1. The first-order valence-corrected chi connectivity index (χ1v) is 37.9. The Kier molecular flexibility index (Phi) is 34.0. The molecule has 0 unspecified atom stereocenters. The summed E-state index contributed by atoms with van der Waals surface area (Å²) >= 11 is 0. The van der Waals surface area contributed by atoms with Gasteiger partial charge in [-0.2, -0.15) is 0 Å². The van der Waals surface area contributed by atoms with Crippen LogP contribution in [-0.4, -0.2) is 275 Å². The summed E-state index contributed by atoms with van der Waals surface area (Å²) in [4.78, 5) is 245. The van der Waals surface area contributed by atoms with Crippen LogP contribution in [0.3, 0.4) is 0 Å². The van der Waals surface area contributed by atoms with E-state index in [0.29, 0.717) is 16.5 Å². The molecule has 118 heavy (non-hydrogen) atoms. The minimum absolute atomic E-state index is 0.0771. The van der Waals surface area contributed by atoms with Crippen molar-refractivity contribution in [2.45, 2.75) is 208 Å². The van der Waals surface area contributed by atoms with Crippen LogP contribution in [0.4, 0.5) is 0 Å². The average Bonchev–Trinajstić information content (AvgIpc) is 1.60. The van der Waals surface area contributed by atoms with Crippen LogP contribution in [0.15, 0.2) is 79.0 Å². The minimum Gasteiger partial charge on any atom is -0.508 e. The number of phenols is 2. The molecule has 3 saturated heterocycles. The zero-order valence-electron chi connectivity index (χ0n) is 64.8. The van der Waals surface area contributed by atoms with E-state index in [1.54, 1.807) is 24.3 Å². The molecule has 0 aliphatic carbocycles. The first-order chi connectivity index (χ1) is 55.9. The molecule has 3 aliphatic rings. The van der Waals surface area contributed by atoms with E-state index in [1.165, 1.54) is 68.6 Å². The highest BCUT2D eigenvalue weighted by atomic mass is 16.5. The van der Waals surface area contributed by atoms with E-state index in [0.717, 1.165) is 18.7 Å². The molecule has 3 aromatic carbocycles. The smallest absolute Gasteiger partial charge is 0.326 e. The first-order valence-electron chi connectivity index (χ1n) is 37.9. The van der Waals surface area contributed by atoms with Crippen LogP contribution in [0, 0.1) is 5.41 Å². The molecule has 25 N–H and O–H groups in total. The van der Waals surface area contributed by atoms with Crippen molar-refractivity contribution in [1.29, 1.82) is 5.41 Å². The number of phenolic OH excluding ortho intramolecular Hbond substituents is 2. The van der Waals surface area contributed by atoms with Gasteiger partial charge in [0.25, 0.3) is 5.91 Å². The maximum atomic E-state index is 15.4. The summed E-state index contributed by atoms with van der Waals surface area (Å²) in [6, 6.07) is -7.38. The number of aliphatic hydroxyl groups is 3. The van der Waals surface area contributed by atoms with E-state index in [9.17, 15) is 103 Å². The lowest BCUT2D eigenvalue weighted by Gasteiger charge is -2.31. The van der Waals surface area contributed by atoms with Crippen LogP contribution in [-0.2, 0) is 106 Å². The number of carboxylic acid groups (broad SMARTS) is 2. The van der Waals surface area contributed by atoms with Gasteiger partial charge in [0.15, 0.2) is 12.1 Å². The van der Waals surface area contributed by atoms with Crippen LogP contribution in [0.2, 0.25) is 0 Å². The van der Waals surface area contributed by atoms with Gasteiger partial charge in [0.05, 0.1) is 18.6 Å². The van der Waals surface area contributed by atoms with Crippen molar-refractivity contribution in [2.24, 2.45) is 5.73 Å². The number of para-hydroxylation sites is 1. The van der Waals surface area contributed by atoms with Gasteiger partial charge >= 0.3 is 17.9 Å². The number of hydrogen-bond donors (Lipinski definition) is 24. The SMILES string of the molecule is CC(=O)N[C@H](C(=O)N[C@@H](C)C(=O)N[C@@H](C(=O)N[C@@H](CCCNC(=N)N)C(=O)N[C@H]1CCCCNC(=O)[C@@H](O)[C@@H](C(=O)N[C@@H](Cc2ccc(O)cc2)C(=O)O)NC(=O)[C@@H]2CCC(=O)OC[C@H](NC(=O)[C@@H]3CCCN3C(=O)[C@H](Cc3ccc(O)cc3)NC1=O)C(=O)N[C@@H](CC(=O)O)C(=O)N[C@H](Cc1c[nH]c3ccccc13)C(=O)N2)[C@@H](C)O)[C@@H](C)O. The van der Waals surface area contributed by atoms with Crippen LogP contribution < -0.4 is 80.2 Å². The zero-order chi connectivity index (χ0) is 86.8. The Hall–Kier alpha value is -13.1. The first kappa shape index (κ1) is 92.1. The standard InChI is InChI=1S/C75H100N18O25/c1-35(81-69(111)57(36(2)94)82-38(4)96)61(103)91-58(37(3)95)70(112)85-47(14-9-27-79-75(76)77)62(104)83-46-13-7-8-26-78-72(114)60(102)59(71(113)89-52(74(116)117)30-40-18-22-43(98)23-19-40)92-64(106)48-24-25-56(101)118-34-53(90-68(110)54-15-10-28-93(54)73(115)51(88-63(46)105)29-39-16-20-42(97)21-17-39)67(109)87-50(32-55(99)100)66(108)86-49(65(107)84-48)31-41-33-80-45-12-6-5-11-44(41)45/h5-6,11-12,16-23,33,35-37,46-54,57-60,80,94-95,97-98,102H,7-10,13-15,24-32,34H2,1-4H3,(H,78,114)(H,81,111)(H,82,96)(H,83,104)(H,84,107)(H,85,112)(H,86,108)(H,87,109)(H,88,105)(H,89,113)(H,90,110)(H,91,103)(H,92,106)(H,99,100)(H,116,117)(H4,76,77,79)/t35-,36+,37+,46-,47-,48-,49+,50-,51-,52-,53-,54-,57-,58+,59-,60-/m0/s1. The number of guanidine groups is 1. The van der Waals surface area contributed by atoms with E-state index in [1.807, 2.05) is 0 Å². The summed E-state index contributed by atoms with van der Waals surface area (Å²) in [7, 11) is 0. The molecular weight excluding hydrogens is 1550 g/mol. The number of nitrogens with two attached hydrogens (primary N) is 1. The van der Waals surface area contributed by atoms with Crippen LogP contribution in [0.1, 0.15) is 109 Å². The van der Waals surface area contributed by atoms with Crippen molar-refractivity contribution >= 4 is 117 Å². The van der Waals surface area contributed by atoms with E-state index in [4.69, 9.17) is 15.9 Å². The van der Waals surface area contributed by atoms with E-state index >= 15 is 14.4 Å². The summed E-state index contributed by atoms with van der Waals surface area (Å²) in [5.41, 5.74) is 6.91. The third kappa shape index (κ3) is 27.3. The molecule has 4 aromatic rings. The van der Waals surface area contributed by atoms with Gasteiger partial charge in [-0.3, -0.25) is 82.1 Å². The predicted octanol–water partition coefficient (Wildman–Crippen LogP) is -6.96. The molecular formula is C75H100N18O25. The molecule has 0 saturated carbocycles. The van der Waals surface area contributed by atoms with Gasteiger partial charge in [-0.05, 0) is 119 Å². The number of ether oxygens (including phenoxy) is 1. The van der Waals surface area contributed by atoms with Gasteiger partial charge in [-0.25, -0.2) is 4.79 Å². The van der Waals surface area contributed by atoms with Crippen molar-refractivity contribution < 1.29 is 122 Å². The van der Waals surface area contributed by atoms with Crippen LogP contribution in [0.5, 0.6) is 11.5 Å². The topological polar surface area (TPSA) is 678 Å². The van der Waals surface area contributed by atoms with Crippen molar-refractivity contribution in [2.75, 3.05) is 26.2 Å². The Labute approximate surface area is 673 Å². The zero-order valence-corrected chi connectivity index (χ0v) is 64.8. The Balaban J connectivity index is 1.31. The number of carbonyl (C=O) groups excluding carboxylic acids is 15. The maximum absolute atomic E-state index is 15.4. The van der Waals surface area contributed by atoms with Gasteiger partial charge in [-0.1, -0.05) is 42.5 Å². The summed E-state index contributed by atoms with van der Waals surface area (Å²) in [6.45, 7) is 2.55. The maximum Gasteiger partial charge on any atom is 0.326 e. The fraction of sp³-hybridized carbons (Fsp3) is 0.493. The number of nitrogens with zero attached hydrogens (tertiary/aromatic N) is 1. The van der Waals surface area contributed by atoms with Gasteiger partial charge in [-0.15, -0.1) is 0 Å². The van der Waals surface area contributed by atoms with Gasteiger partial charge < -0.3 is 131 Å². The largest absolute Gasteiger partial charge is 0.508 e. The third-order valence-electron chi connectivity index (χ3n) is 19.5. The van der Waals surface area contributed by atoms with Gasteiger partial charge in [0, 0.05) is 69.3 Å². The molecule has 7 rings (SSSR count). The summed E-state index contributed by atoms with van der Waals surface area (Å²) in [5.74, 6) is -22.5. The number of hydrogen-bond acceptors (Lipinski definition) is 24. The van der Waals surface area contributed by atoms with Crippen molar-refractivity contribution in [3.63, 3.8) is 0 Å². The van der Waals surface area contributed by atoms with Gasteiger partial charge in [0.2, 0.25) is 76.8 Å². The number of aromatic amines is 1. The van der Waals surface area contributed by atoms with Crippen molar-refractivity contribution in [3.05, 3.63) is 95.7 Å². The number of carboxylic acids is 2. The number of H-pyrrole nitrogens is 1. The predicted molar refractivity (Wildman–Crippen MR) is 410 cm³/mol. The third-order valence-corrected chi connectivity index (χ3v) is 19.5. The Morgan fingerprint density at radius 2 is 1.23 bits per heavy atom. The number of aromatic hydroxyl groups is 2. The van der Waals surface area contributed by atoms with Gasteiger partial charge in [0.1, 0.15) is 96.6 Å². The number of aliphatic carboxylic acids is 2. The minimum atomic E-state index is -2.71. The Bertz CT molecular complexity index is 4350. The summed E-state index contributed by atoms with van der Waals surface area (Å²) in [5, 5.41) is 115. The molecule has 2 bridgehead atoms. The Morgan fingerprint density at radius 3 is 1.87 bits per heavy atom. The number of fused-ring (bicyclic) bond motifs is 8. The lowest BCUT2D eigenvalue weighted by Crippen LogP contribution is -2.63. The molecule has 43 nitrogen and oxygen atoms in total. The highest BCUT2D eigenvalue weighted by Gasteiger charge is 2.44. The fourth-order valence-electron chi connectivity index (χ4n) is 13.1. The molecule has 1 aromatic heterocycles. The molecule has 4 heterocycles. The second kappa shape index (κ2) is 43.6. The highest BCUT2D eigenvalue weighted by molar-refractivity contribution is 6.02. The lowest BCUT2D eigenvalue weighted by molar-refractivity contribution is -0.148. The van der Waals surface area contributed by atoms with Crippen molar-refractivity contribution in [1.82, 2.24) is 84.3 Å². The highest BCUT2D eigenvalue weighted by Crippen LogP contribution is 2.24. The Morgan fingerprint density at radius 1 is 0.619 bits per heavy atom. The molecule has 3 fully saturated rings. The number of benzene rings is 3. The van der Waals surface area contributed by atoms with E-state index in [2.05, 4.69) is 79.4 Å². The number of rotatable bonds is 26. The molecule has 0 spiro atoms. The van der Waals surface area contributed by atoms with E-state index in [-0.39, 0.29) is 74.2 Å². The number of aromatic nitrogens is 1. The average molecular weight is 1650 g/mol. The molecule has 43 heteroatoms. The molecule has 16 atom stereocenters. The van der Waals surface area contributed by atoms with Crippen molar-refractivity contribution in [3.8, 4) is 11.5 Å². The summed E-state index contributed by atoms with van der Waals surface area (Å²) in [6.07, 6.45) is -10.2. The lowest BCUT2D eigenvalue weighted by atomic mass is 10.0. The molecule has 3 aliphatic heterocycles. The normalized spacial score (nSPS) is 22.8. The second-order valence-corrected chi connectivity index (χ2v) is 28.7. The number of nitrogens with one attached hydrogen (secondary N) is 16. The fourth-order valence-corrected chi connectivity index (χ4v) is 13.1. The molecule has 640 valence electrons. The monoisotopic (exact) mass is 1650 g/mol.